The lowest BCUT2D eigenvalue weighted by Gasteiger charge is -2.05. The van der Waals surface area contributed by atoms with Gasteiger partial charge in [-0.15, -0.1) is 23.5 Å². The Morgan fingerprint density at radius 2 is 0.844 bits per heavy atom. The maximum atomic E-state index is 4.33. The molecule has 32 heavy (non-hydrogen) atoms. The lowest BCUT2D eigenvalue weighted by atomic mass is 10.2. The number of thioether (sulfide) groups is 2. The molecule has 0 amide bonds. The summed E-state index contributed by atoms with van der Waals surface area (Å²) in [6.07, 6.45) is 3.67. The molecular weight excluding hydrogens is 428 g/mol. The molecule has 0 saturated carbocycles. The Labute approximate surface area is 198 Å². The van der Waals surface area contributed by atoms with Gasteiger partial charge in [-0.1, -0.05) is 97.1 Å². The van der Waals surface area contributed by atoms with Crippen LogP contribution in [0.5, 0.6) is 0 Å². The van der Waals surface area contributed by atoms with Crippen molar-refractivity contribution < 1.29 is 0 Å². The SMILES string of the molecule is C(=N\N=C\c1ccccc1SCc1ccccc1)/c1ccccc1SCc1ccccc1. The predicted molar refractivity (Wildman–Crippen MR) is 140 cm³/mol. The minimum atomic E-state index is 0.932. The van der Waals surface area contributed by atoms with Crippen LogP contribution in [0.1, 0.15) is 22.3 Å². The maximum absolute atomic E-state index is 4.33. The molecule has 0 radical (unpaired) electrons. The van der Waals surface area contributed by atoms with E-state index in [1.54, 1.807) is 0 Å². The van der Waals surface area contributed by atoms with Gasteiger partial charge in [0.25, 0.3) is 0 Å². The van der Waals surface area contributed by atoms with Crippen LogP contribution in [-0.2, 0) is 11.5 Å². The molecule has 158 valence electrons. The summed E-state index contributed by atoms with van der Waals surface area (Å²) in [6.45, 7) is 0. The summed E-state index contributed by atoms with van der Waals surface area (Å²) < 4.78 is 0. The van der Waals surface area contributed by atoms with E-state index in [4.69, 9.17) is 0 Å². The van der Waals surface area contributed by atoms with Crippen molar-refractivity contribution in [1.29, 1.82) is 0 Å². The van der Waals surface area contributed by atoms with Gasteiger partial charge < -0.3 is 0 Å². The molecule has 0 bridgehead atoms. The van der Waals surface area contributed by atoms with Crippen LogP contribution in [0.2, 0.25) is 0 Å². The zero-order chi connectivity index (χ0) is 21.8. The van der Waals surface area contributed by atoms with Crippen molar-refractivity contribution >= 4 is 36.0 Å². The van der Waals surface area contributed by atoms with Crippen molar-refractivity contribution in [1.82, 2.24) is 0 Å². The van der Waals surface area contributed by atoms with E-state index in [1.807, 2.05) is 60.2 Å². The minimum Gasteiger partial charge on any atom is -0.158 e. The standard InChI is InChI=1S/C28H24N2S2/c1-3-11-23(12-4-1)21-31-27-17-9-7-15-25(27)19-29-30-20-26-16-8-10-18-28(26)32-22-24-13-5-2-6-14-24/h1-20H,21-22H2/b29-19+,30-20+. The van der Waals surface area contributed by atoms with Gasteiger partial charge in [-0.05, 0) is 23.3 Å². The molecule has 0 aromatic heterocycles. The van der Waals surface area contributed by atoms with Crippen molar-refractivity contribution in [3.63, 3.8) is 0 Å². The van der Waals surface area contributed by atoms with E-state index in [-0.39, 0.29) is 0 Å². The number of benzene rings is 4. The van der Waals surface area contributed by atoms with Crippen molar-refractivity contribution in [2.45, 2.75) is 21.3 Å². The van der Waals surface area contributed by atoms with Crippen LogP contribution in [-0.4, -0.2) is 12.4 Å². The second kappa shape index (κ2) is 12.1. The van der Waals surface area contributed by atoms with Crippen LogP contribution in [0.25, 0.3) is 0 Å². The zero-order valence-electron chi connectivity index (χ0n) is 17.7. The third-order valence-corrected chi connectivity index (χ3v) is 7.09. The Bertz CT molecular complexity index is 1080. The van der Waals surface area contributed by atoms with Gasteiger partial charge in [0.2, 0.25) is 0 Å². The third-order valence-electron chi connectivity index (χ3n) is 4.77. The summed E-state index contributed by atoms with van der Waals surface area (Å²) in [5, 5.41) is 8.67. The second-order valence-electron chi connectivity index (χ2n) is 7.11. The number of rotatable bonds is 9. The van der Waals surface area contributed by atoms with Crippen LogP contribution < -0.4 is 0 Å². The second-order valence-corrected chi connectivity index (χ2v) is 9.15. The lowest BCUT2D eigenvalue weighted by Crippen LogP contribution is -1.88. The molecule has 0 atom stereocenters. The summed E-state index contributed by atoms with van der Waals surface area (Å²) in [5.74, 6) is 1.86. The molecule has 4 aromatic rings. The molecule has 0 saturated heterocycles. The molecule has 0 unspecified atom stereocenters. The Morgan fingerprint density at radius 3 is 1.28 bits per heavy atom. The van der Waals surface area contributed by atoms with Gasteiger partial charge in [0.1, 0.15) is 0 Å². The molecular formula is C28H24N2S2. The van der Waals surface area contributed by atoms with E-state index < -0.39 is 0 Å². The van der Waals surface area contributed by atoms with E-state index in [9.17, 15) is 0 Å². The molecule has 0 fully saturated rings. The van der Waals surface area contributed by atoms with Gasteiger partial charge in [-0.3, -0.25) is 0 Å². The van der Waals surface area contributed by atoms with E-state index in [1.165, 1.54) is 20.9 Å². The van der Waals surface area contributed by atoms with Gasteiger partial charge in [-0.2, -0.15) is 10.2 Å². The molecule has 0 N–H and O–H groups in total. The van der Waals surface area contributed by atoms with E-state index in [0.29, 0.717) is 0 Å². The van der Waals surface area contributed by atoms with Crippen molar-refractivity contribution in [3.8, 4) is 0 Å². The van der Waals surface area contributed by atoms with E-state index in [2.05, 4.69) is 95.1 Å². The Balaban J connectivity index is 1.40. The summed E-state index contributed by atoms with van der Waals surface area (Å²) >= 11 is 3.63. The predicted octanol–water partition coefficient (Wildman–Crippen LogP) is 7.72. The van der Waals surface area contributed by atoms with E-state index >= 15 is 0 Å². The highest BCUT2D eigenvalue weighted by atomic mass is 32.2. The van der Waals surface area contributed by atoms with Gasteiger partial charge >= 0.3 is 0 Å². The smallest absolute Gasteiger partial charge is 0.0579 e. The van der Waals surface area contributed by atoms with Gasteiger partial charge in [-0.25, -0.2) is 0 Å². The molecule has 0 spiro atoms. The lowest BCUT2D eigenvalue weighted by molar-refractivity contribution is 1.25. The first-order valence-electron chi connectivity index (χ1n) is 10.5. The Kier molecular flexibility index (Phi) is 8.36. The summed E-state index contributed by atoms with van der Waals surface area (Å²) in [7, 11) is 0. The first kappa shape index (κ1) is 22.1. The summed E-state index contributed by atoms with van der Waals surface area (Å²) in [6, 6.07) is 37.6. The van der Waals surface area contributed by atoms with Crippen LogP contribution >= 0.6 is 23.5 Å². The average molecular weight is 453 g/mol. The fraction of sp³-hybridized carbons (Fsp3) is 0.0714. The first-order valence-corrected chi connectivity index (χ1v) is 12.4. The monoisotopic (exact) mass is 452 g/mol. The maximum Gasteiger partial charge on any atom is 0.0579 e. The van der Waals surface area contributed by atoms with Crippen LogP contribution in [0.4, 0.5) is 0 Å². The van der Waals surface area contributed by atoms with Crippen LogP contribution in [0.3, 0.4) is 0 Å². The Hall–Kier alpha value is -3.08. The van der Waals surface area contributed by atoms with Crippen LogP contribution in [0, 0.1) is 0 Å². The summed E-state index contributed by atoms with van der Waals surface area (Å²) in [4.78, 5) is 2.41. The molecule has 4 aromatic carbocycles. The highest BCUT2D eigenvalue weighted by Gasteiger charge is 2.02. The average Bonchev–Trinajstić information content (AvgIpc) is 2.86. The first-order chi connectivity index (χ1) is 15.9. The van der Waals surface area contributed by atoms with Gasteiger partial charge in [0.05, 0.1) is 12.4 Å². The molecule has 2 nitrogen and oxygen atoms in total. The van der Waals surface area contributed by atoms with Crippen molar-refractivity contribution in [2.24, 2.45) is 10.2 Å². The topological polar surface area (TPSA) is 24.7 Å². The fourth-order valence-corrected chi connectivity index (χ4v) is 5.05. The molecule has 4 rings (SSSR count). The molecule has 0 aliphatic heterocycles. The normalized spacial score (nSPS) is 11.4. The van der Waals surface area contributed by atoms with Crippen molar-refractivity contribution in [3.05, 3.63) is 131 Å². The van der Waals surface area contributed by atoms with Gasteiger partial charge in [0, 0.05) is 32.4 Å². The van der Waals surface area contributed by atoms with E-state index in [0.717, 1.165) is 22.6 Å². The van der Waals surface area contributed by atoms with Crippen molar-refractivity contribution in [2.75, 3.05) is 0 Å². The summed E-state index contributed by atoms with van der Waals surface area (Å²) in [5.41, 5.74) is 4.79. The highest BCUT2D eigenvalue weighted by Crippen LogP contribution is 2.26. The van der Waals surface area contributed by atoms with Crippen LogP contribution in [0.15, 0.2) is 129 Å². The quantitative estimate of drug-likeness (QED) is 0.147. The van der Waals surface area contributed by atoms with Gasteiger partial charge in [0.15, 0.2) is 0 Å². The number of hydrogen-bond donors (Lipinski definition) is 0. The highest BCUT2D eigenvalue weighted by molar-refractivity contribution is 7.98. The fourth-order valence-electron chi connectivity index (χ4n) is 3.10. The third kappa shape index (κ3) is 6.71. The Morgan fingerprint density at radius 1 is 0.469 bits per heavy atom. The zero-order valence-corrected chi connectivity index (χ0v) is 19.3. The molecule has 0 heterocycles. The molecule has 0 aliphatic rings. The number of nitrogens with zero attached hydrogens (tertiary/aromatic N) is 2. The molecule has 4 heteroatoms. The largest absolute Gasteiger partial charge is 0.158 e. The molecule has 0 aliphatic carbocycles. The minimum absolute atomic E-state index is 0.932. The number of hydrogen-bond acceptors (Lipinski definition) is 4.